The zero-order valence-electron chi connectivity index (χ0n) is 13.6. The van der Waals surface area contributed by atoms with Crippen LogP contribution in [0.2, 0.25) is 0 Å². The normalized spacial score (nSPS) is 11.1. The highest BCUT2D eigenvalue weighted by atomic mass is 16.5. The van der Waals surface area contributed by atoms with E-state index in [2.05, 4.69) is 32.2 Å². The highest BCUT2D eigenvalue weighted by Gasteiger charge is 2.19. The summed E-state index contributed by atoms with van der Waals surface area (Å²) in [5, 5.41) is 2.85. The van der Waals surface area contributed by atoms with Crippen molar-refractivity contribution in [2.24, 2.45) is 0 Å². The molecule has 0 bridgehead atoms. The molecule has 0 fully saturated rings. The standard InChI is InChI=1S/C19H23NO2/c1-14-10-11-17(16(12-14)19(2,3)4)20-18(21)22-13-15-8-6-5-7-9-15/h5-12H,13H2,1-4H3,(H,20,21). The van der Waals surface area contributed by atoms with E-state index in [9.17, 15) is 4.79 Å². The first kappa shape index (κ1) is 16.1. The van der Waals surface area contributed by atoms with Gasteiger partial charge in [0.05, 0.1) is 0 Å². The van der Waals surface area contributed by atoms with Crippen molar-refractivity contribution in [3.05, 3.63) is 65.2 Å². The minimum Gasteiger partial charge on any atom is -0.444 e. The molecule has 0 aliphatic rings. The lowest BCUT2D eigenvalue weighted by Gasteiger charge is -2.23. The van der Waals surface area contributed by atoms with Gasteiger partial charge in [-0.1, -0.05) is 68.8 Å². The first-order chi connectivity index (χ1) is 10.4. The molecular weight excluding hydrogens is 274 g/mol. The molecule has 116 valence electrons. The molecule has 0 aliphatic heterocycles. The Morgan fingerprint density at radius 3 is 2.41 bits per heavy atom. The van der Waals surface area contributed by atoms with Crippen molar-refractivity contribution in [3.63, 3.8) is 0 Å². The number of aryl methyl sites for hydroxylation is 1. The number of benzene rings is 2. The molecule has 2 rings (SSSR count). The number of hydrogen-bond donors (Lipinski definition) is 1. The number of ether oxygens (including phenoxy) is 1. The van der Waals surface area contributed by atoms with Gasteiger partial charge in [0.1, 0.15) is 6.61 Å². The molecule has 0 aliphatic carbocycles. The molecule has 0 aromatic heterocycles. The minimum absolute atomic E-state index is 0.0476. The van der Waals surface area contributed by atoms with E-state index >= 15 is 0 Å². The summed E-state index contributed by atoms with van der Waals surface area (Å²) in [6.07, 6.45) is -0.432. The first-order valence-corrected chi connectivity index (χ1v) is 7.45. The maximum absolute atomic E-state index is 12.0. The van der Waals surface area contributed by atoms with E-state index in [0.717, 1.165) is 16.8 Å². The molecule has 2 aromatic rings. The molecule has 0 spiro atoms. The lowest BCUT2D eigenvalue weighted by Crippen LogP contribution is -2.19. The fourth-order valence-electron chi connectivity index (χ4n) is 2.26. The van der Waals surface area contributed by atoms with Gasteiger partial charge in [-0.3, -0.25) is 5.32 Å². The van der Waals surface area contributed by atoms with E-state index in [0.29, 0.717) is 0 Å². The second-order valence-electron chi connectivity index (χ2n) is 6.49. The van der Waals surface area contributed by atoms with E-state index in [1.165, 1.54) is 5.56 Å². The van der Waals surface area contributed by atoms with Crippen molar-refractivity contribution >= 4 is 11.8 Å². The van der Waals surface area contributed by atoms with Crippen molar-refractivity contribution in [2.45, 2.75) is 39.7 Å². The zero-order valence-corrected chi connectivity index (χ0v) is 13.6. The van der Waals surface area contributed by atoms with Gasteiger partial charge in [-0.25, -0.2) is 4.79 Å². The Kier molecular flexibility index (Phi) is 4.86. The largest absolute Gasteiger partial charge is 0.444 e. The highest BCUT2D eigenvalue weighted by molar-refractivity contribution is 5.86. The number of anilines is 1. The number of carbonyl (C=O) groups excluding carboxylic acids is 1. The average molecular weight is 297 g/mol. The summed E-state index contributed by atoms with van der Waals surface area (Å²) < 4.78 is 5.28. The van der Waals surface area contributed by atoms with Crippen LogP contribution in [0, 0.1) is 6.92 Å². The molecule has 1 N–H and O–H groups in total. The van der Waals surface area contributed by atoms with Crippen LogP contribution in [0.5, 0.6) is 0 Å². The van der Waals surface area contributed by atoms with Gasteiger partial charge >= 0.3 is 6.09 Å². The predicted molar refractivity (Wildman–Crippen MR) is 90.1 cm³/mol. The van der Waals surface area contributed by atoms with Gasteiger partial charge in [-0.05, 0) is 29.5 Å². The summed E-state index contributed by atoms with van der Waals surface area (Å²) in [7, 11) is 0. The molecule has 0 saturated carbocycles. The lowest BCUT2D eigenvalue weighted by atomic mass is 9.85. The van der Waals surface area contributed by atoms with Crippen LogP contribution in [0.4, 0.5) is 10.5 Å². The van der Waals surface area contributed by atoms with Crippen molar-refractivity contribution in [1.29, 1.82) is 0 Å². The van der Waals surface area contributed by atoms with Crippen LogP contribution in [0.15, 0.2) is 48.5 Å². The lowest BCUT2D eigenvalue weighted by molar-refractivity contribution is 0.155. The molecule has 0 saturated heterocycles. The van der Waals surface area contributed by atoms with Crippen LogP contribution in [0.3, 0.4) is 0 Å². The third-order valence-electron chi connectivity index (χ3n) is 3.43. The highest BCUT2D eigenvalue weighted by Crippen LogP contribution is 2.30. The number of rotatable bonds is 3. The van der Waals surface area contributed by atoms with Crippen molar-refractivity contribution in [2.75, 3.05) is 5.32 Å². The number of nitrogens with one attached hydrogen (secondary N) is 1. The van der Waals surface area contributed by atoms with Gasteiger partial charge in [-0.15, -0.1) is 0 Å². The van der Waals surface area contributed by atoms with Crippen molar-refractivity contribution in [1.82, 2.24) is 0 Å². The van der Waals surface area contributed by atoms with Crippen LogP contribution < -0.4 is 5.32 Å². The predicted octanol–water partition coefficient (Wildman–Crippen LogP) is 5.04. The number of carbonyl (C=O) groups is 1. The average Bonchev–Trinajstić information content (AvgIpc) is 2.47. The molecule has 0 atom stereocenters. The Hall–Kier alpha value is -2.29. The number of hydrogen-bond acceptors (Lipinski definition) is 2. The summed E-state index contributed by atoms with van der Waals surface area (Å²) in [6.45, 7) is 8.70. The third kappa shape index (κ3) is 4.35. The summed E-state index contributed by atoms with van der Waals surface area (Å²) in [6, 6.07) is 15.7. The fraction of sp³-hybridized carbons (Fsp3) is 0.316. The zero-order chi connectivity index (χ0) is 16.2. The van der Waals surface area contributed by atoms with E-state index in [-0.39, 0.29) is 12.0 Å². The van der Waals surface area contributed by atoms with Crippen LogP contribution in [-0.2, 0) is 16.8 Å². The molecule has 0 radical (unpaired) electrons. The molecule has 22 heavy (non-hydrogen) atoms. The maximum Gasteiger partial charge on any atom is 0.411 e. The van der Waals surface area contributed by atoms with Crippen molar-refractivity contribution in [3.8, 4) is 0 Å². The molecule has 1 amide bonds. The van der Waals surface area contributed by atoms with Crippen molar-refractivity contribution < 1.29 is 9.53 Å². The molecular formula is C19H23NO2. The first-order valence-electron chi connectivity index (χ1n) is 7.45. The Labute approximate surface area is 132 Å². The van der Waals surface area contributed by atoms with E-state index in [1.54, 1.807) is 0 Å². The molecule has 0 heterocycles. The van der Waals surface area contributed by atoms with Gasteiger partial charge in [0.25, 0.3) is 0 Å². The van der Waals surface area contributed by atoms with Gasteiger partial charge in [0.15, 0.2) is 0 Å². The summed E-state index contributed by atoms with van der Waals surface area (Å²) in [4.78, 5) is 12.0. The summed E-state index contributed by atoms with van der Waals surface area (Å²) in [5.74, 6) is 0. The second-order valence-corrected chi connectivity index (χ2v) is 6.49. The van der Waals surface area contributed by atoms with Crippen LogP contribution >= 0.6 is 0 Å². The van der Waals surface area contributed by atoms with Crippen LogP contribution in [-0.4, -0.2) is 6.09 Å². The topological polar surface area (TPSA) is 38.3 Å². The Balaban J connectivity index is 2.06. The Morgan fingerprint density at radius 2 is 1.77 bits per heavy atom. The summed E-state index contributed by atoms with van der Waals surface area (Å²) >= 11 is 0. The SMILES string of the molecule is Cc1ccc(NC(=O)OCc2ccccc2)c(C(C)(C)C)c1. The maximum atomic E-state index is 12.0. The van der Waals surface area contributed by atoms with E-state index < -0.39 is 6.09 Å². The Bertz CT molecular complexity index is 642. The third-order valence-corrected chi connectivity index (χ3v) is 3.43. The quantitative estimate of drug-likeness (QED) is 0.861. The van der Waals surface area contributed by atoms with Crippen LogP contribution in [0.1, 0.15) is 37.5 Å². The molecule has 3 heteroatoms. The van der Waals surface area contributed by atoms with Gasteiger partial charge < -0.3 is 4.74 Å². The van der Waals surface area contributed by atoms with E-state index in [4.69, 9.17) is 4.74 Å². The second kappa shape index (κ2) is 6.65. The number of amides is 1. The molecule has 0 unspecified atom stereocenters. The van der Waals surface area contributed by atoms with Gasteiger partial charge in [0, 0.05) is 5.69 Å². The van der Waals surface area contributed by atoms with Gasteiger partial charge in [0.2, 0.25) is 0 Å². The van der Waals surface area contributed by atoms with Gasteiger partial charge in [-0.2, -0.15) is 0 Å². The monoisotopic (exact) mass is 297 g/mol. The van der Waals surface area contributed by atoms with E-state index in [1.807, 2.05) is 49.4 Å². The Morgan fingerprint density at radius 1 is 1.09 bits per heavy atom. The smallest absolute Gasteiger partial charge is 0.411 e. The summed E-state index contributed by atoms with van der Waals surface area (Å²) in [5.41, 5.74) is 4.00. The molecule has 3 nitrogen and oxygen atoms in total. The molecule has 2 aromatic carbocycles. The van der Waals surface area contributed by atoms with Crippen LogP contribution in [0.25, 0.3) is 0 Å². The fourth-order valence-corrected chi connectivity index (χ4v) is 2.26. The minimum atomic E-state index is -0.432.